The molecule has 0 aliphatic carbocycles. The van der Waals surface area contributed by atoms with Gasteiger partial charge in [0.05, 0.1) is 11.7 Å². The normalized spacial score (nSPS) is 23.6. The fourth-order valence-corrected chi connectivity index (χ4v) is 2.52. The second-order valence-electron chi connectivity index (χ2n) is 5.17. The molecule has 1 amide bonds. The summed E-state index contributed by atoms with van der Waals surface area (Å²) >= 11 is 0. The van der Waals surface area contributed by atoms with Crippen LogP contribution in [0.1, 0.15) is 46.1 Å². The summed E-state index contributed by atoms with van der Waals surface area (Å²) in [6.45, 7) is 7.07. The zero-order chi connectivity index (χ0) is 13.2. The van der Waals surface area contributed by atoms with Gasteiger partial charge in [0.1, 0.15) is 5.82 Å². The summed E-state index contributed by atoms with van der Waals surface area (Å²) in [7, 11) is 0. The first-order valence-corrected chi connectivity index (χ1v) is 6.69. The minimum absolute atomic E-state index is 0.0601. The standard InChI is InChI=1S/C13H22N4O/c1-4-13(7-5-8-14-13)12(18)16-11-6-9-15-17(11)10(2)3/h6,9-10,14H,4-5,7-8H2,1-3H3,(H,16,18). The number of hydrogen-bond donors (Lipinski definition) is 2. The van der Waals surface area contributed by atoms with Gasteiger partial charge in [-0.15, -0.1) is 0 Å². The molecular weight excluding hydrogens is 228 g/mol. The largest absolute Gasteiger partial charge is 0.309 e. The number of amides is 1. The molecule has 1 unspecified atom stereocenters. The van der Waals surface area contributed by atoms with Crippen molar-refractivity contribution in [2.45, 2.75) is 51.6 Å². The molecule has 5 heteroatoms. The predicted molar refractivity (Wildman–Crippen MR) is 71.5 cm³/mol. The van der Waals surface area contributed by atoms with Gasteiger partial charge in [-0.1, -0.05) is 6.92 Å². The molecule has 1 aromatic rings. The Kier molecular flexibility index (Phi) is 3.71. The highest BCUT2D eigenvalue weighted by Crippen LogP contribution is 2.25. The van der Waals surface area contributed by atoms with Crippen molar-refractivity contribution < 1.29 is 4.79 Å². The Labute approximate surface area is 108 Å². The monoisotopic (exact) mass is 250 g/mol. The van der Waals surface area contributed by atoms with Gasteiger partial charge in [0.15, 0.2) is 0 Å². The molecule has 0 radical (unpaired) electrons. The molecule has 5 nitrogen and oxygen atoms in total. The third-order valence-electron chi connectivity index (χ3n) is 3.68. The van der Waals surface area contributed by atoms with Crippen LogP contribution < -0.4 is 10.6 Å². The van der Waals surface area contributed by atoms with E-state index in [9.17, 15) is 4.79 Å². The number of nitrogens with one attached hydrogen (secondary N) is 2. The van der Waals surface area contributed by atoms with Gasteiger partial charge in [-0.05, 0) is 39.7 Å². The summed E-state index contributed by atoms with van der Waals surface area (Å²) in [5.41, 5.74) is -0.397. The average Bonchev–Trinajstić information content (AvgIpc) is 2.97. The Morgan fingerprint density at radius 2 is 2.44 bits per heavy atom. The first-order valence-electron chi connectivity index (χ1n) is 6.69. The molecule has 0 aromatic carbocycles. The highest BCUT2D eigenvalue weighted by atomic mass is 16.2. The topological polar surface area (TPSA) is 59.0 Å². The minimum atomic E-state index is -0.397. The first kappa shape index (κ1) is 13.1. The molecule has 18 heavy (non-hydrogen) atoms. The molecule has 0 bridgehead atoms. The van der Waals surface area contributed by atoms with E-state index >= 15 is 0 Å². The van der Waals surface area contributed by atoms with Crippen LogP contribution >= 0.6 is 0 Å². The molecule has 1 saturated heterocycles. The zero-order valence-electron chi connectivity index (χ0n) is 11.4. The van der Waals surface area contributed by atoms with E-state index < -0.39 is 5.54 Å². The Balaban J connectivity index is 2.13. The van der Waals surface area contributed by atoms with E-state index in [1.807, 2.05) is 24.6 Å². The highest BCUT2D eigenvalue weighted by Gasteiger charge is 2.39. The van der Waals surface area contributed by atoms with E-state index in [1.54, 1.807) is 6.20 Å². The van der Waals surface area contributed by atoms with Gasteiger partial charge in [-0.2, -0.15) is 5.10 Å². The molecule has 1 fully saturated rings. The van der Waals surface area contributed by atoms with Crippen molar-refractivity contribution in [2.24, 2.45) is 0 Å². The Hall–Kier alpha value is -1.36. The van der Waals surface area contributed by atoms with Crippen LogP contribution in [0.4, 0.5) is 5.82 Å². The van der Waals surface area contributed by atoms with Gasteiger partial charge >= 0.3 is 0 Å². The van der Waals surface area contributed by atoms with Crippen molar-refractivity contribution >= 4 is 11.7 Å². The molecule has 2 N–H and O–H groups in total. The lowest BCUT2D eigenvalue weighted by Crippen LogP contribution is -2.50. The highest BCUT2D eigenvalue weighted by molar-refractivity contribution is 5.97. The predicted octanol–water partition coefficient (Wildman–Crippen LogP) is 1.93. The maximum atomic E-state index is 12.4. The number of rotatable bonds is 4. The van der Waals surface area contributed by atoms with Gasteiger partial charge in [0.25, 0.3) is 0 Å². The number of carbonyl (C=O) groups excluding carboxylic acids is 1. The summed E-state index contributed by atoms with van der Waals surface area (Å²) in [4.78, 5) is 12.4. The number of aromatic nitrogens is 2. The van der Waals surface area contributed by atoms with E-state index in [0.717, 1.165) is 31.6 Å². The van der Waals surface area contributed by atoms with Crippen LogP contribution in [0.15, 0.2) is 12.3 Å². The lowest BCUT2D eigenvalue weighted by atomic mass is 9.93. The van der Waals surface area contributed by atoms with Crippen LogP contribution in [0, 0.1) is 0 Å². The fraction of sp³-hybridized carbons (Fsp3) is 0.692. The Bertz CT molecular complexity index is 418. The van der Waals surface area contributed by atoms with E-state index in [4.69, 9.17) is 0 Å². The molecule has 0 spiro atoms. The van der Waals surface area contributed by atoms with Gasteiger partial charge < -0.3 is 10.6 Å². The summed E-state index contributed by atoms with van der Waals surface area (Å²) in [6, 6.07) is 2.08. The molecule has 0 saturated carbocycles. The minimum Gasteiger partial charge on any atom is -0.309 e. The van der Waals surface area contributed by atoms with Gasteiger partial charge in [-0.3, -0.25) is 4.79 Å². The summed E-state index contributed by atoms with van der Waals surface area (Å²) in [5, 5.41) is 10.6. The second-order valence-corrected chi connectivity index (χ2v) is 5.17. The summed E-state index contributed by atoms with van der Waals surface area (Å²) < 4.78 is 1.83. The average molecular weight is 250 g/mol. The number of anilines is 1. The Morgan fingerprint density at radius 1 is 1.67 bits per heavy atom. The molecule has 1 aromatic heterocycles. The van der Waals surface area contributed by atoms with Crippen LogP contribution in [0.25, 0.3) is 0 Å². The zero-order valence-corrected chi connectivity index (χ0v) is 11.4. The molecule has 2 rings (SSSR count). The Morgan fingerprint density at radius 3 is 3.00 bits per heavy atom. The van der Waals surface area contributed by atoms with E-state index in [2.05, 4.69) is 22.7 Å². The maximum Gasteiger partial charge on any atom is 0.245 e. The lowest BCUT2D eigenvalue weighted by molar-refractivity contribution is -0.122. The van der Waals surface area contributed by atoms with Crippen LogP contribution in [0.5, 0.6) is 0 Å². The molecular formula is C13H22N4O. The molecule has 100 valence electrons. The van der Waals surface area contributed by atoms with E-state index in [1.165, 1.54) is 0 Å². The van der Waals surface area contributed by atoms with Crippen molar-refractivity contribution in [1.29, 1.82) is 0 Å². The van der Waals surface area contributed by atoms with Crippen LogP contribution in [0.3, 0.4) is 0 Å². The molecule has 1 aliphatic rings. The number of carbonyl (C=O) groups is 1. The van der Waals surface area contributed by atoms with Crippen molar-refractivity contribution in [3.8, 4) is 0 Å². The maximum absolute atomic E-state index is 12.4. The third-order valence-corrected chi connectivity index (χ3v) is 3.68. The summed E-state index contributed by atoms with van der Waals surface area (Å²) in [5.74, 6) is 0.835. The third kappa shape index (κ3) is 2.27. The van der Waals surface area contributed by atoms with Crippen LogP contribution in [-0.2, 0) is 4.79 Å². The number of hydrogen-bond acceptors (Lipinski definition) is 3. The first-order chi connectivity index (χ1) is 8.59. The smallest absolute Gasteiger partial charge is 0.245 e. The van der Waals surface area contributed by atoms with Crippen molar-refractivity contribution in [3.63, 3.8) is 0 Å². The van der Waals surface area contributed by atoms with Gasteiger partial charge in [0, 0.05) is 12.1 Å². The van der Waals surface area contributed by atoms with E-state index in [0.29, 0.717) is 0 Å². The second kappa shape index (κ2) is 5.10. The summed E-state index contributed by atoms with van der Waals surface area (Å²) in [6.07, 6.45) is 4.50. The fourth-order valence-electron chi connectivity index (χ4n) is 2.52. The SMILES string of the molecule is CCC1(C(=O)Nc2ccnn2C(C)C)CCCN1. The van der Waals surface area contributed by atoms with Crippen molar-refractivity contribution in [3.05, 3.63) is 12.3 Å². The molecule has 2 heterocycles. The molecule has 1 atom stereocenters. The number of nitrogens with zero attached hydrogens (tertiary/aromatic N) is 2. The quantitative estimate of drug-likeness (QED) is 0.858. The van der Waals surface area contributed by atoms with Gasteiger partial charge in [0.2, 0.25) is 5.91 Å². The van der Waals surface area contributed by atoms with Gasteiger partial charge in [-0.25, -0.2) is 4.68 Å². The molecule has 1 aliphatic heterocycles. The van der Waals surface area contributed by atoms with Crippen LogP contribution in [0.2, 0.25) is 0 Å². The van der Waals surface area contributed by atoms with Crippen LogP contribution in [-0.4, -0.2) is 27.8 Å². The van der Waals surface area contributed by atoms with E-state index in [-0.39, 0.29) is 11.9 Å². The van der Waals surface area contributed by atoms with Crippen molar-refractivity contribution in [2.75, 3.05) is 11.9 Å². The van der Waals surface area contributed by atoms with Crippen molar-refractivity contribution in [1.82, 2.24) is 15.1 Å². The lowest BCUT2D eigenvalue weighted by Gasteiger charge is -2.27.